The number of hydrogen-bond acceptors (Lipinski definition) is 2. The summed E-state index contributed by atoms with van der Waals surface area (Å²) in [7, 11) is 1.94. The first-order valence-corrected chi connectivity index (χ1v) is 5.93. The molecular formula is C12H14BrN3. The van der Waals surface area contributed by atoms with E-state index in [1.807, 2.05) is 30.1 Å². The van der Waals surface area contributed by atoms with E-state index in [2.05, 4.69) is 45.4 Å². The van der Waals surface area contributed by atoms with Crippen molar-refractivity contribution < 1.29 is 0 Å². The lowest BCUT2D eigenvalue weighted by Gasteiger charge is -2.06. The zero-order valence-electron chi connectivity index (χ0n) is 9.37. The van der Waals surface area contributed by atoms with Crippen molar-refractivity contribution in [3.05, 3.63) is 46.2 Å². The molecule has 1 aromatic carbocycles. The highest BCUT2D eigenvalue weighted by atomic mass is 79.9. The number of aromatic nitrogens is 2. The molecule has 0 unspecified atom stereocenters. The third-order valence-electron chi connectivity index (χ3n) is 2.61. The van der Waals surface area contributed by atoms with Crippen LogP contribution in [0, 0.1) is 6.92 Å². The van der Waals surface area contributed by atoms with Gasteiger partial charge in [-0.2, -0.15) is 5.10 Å². The monoisotopic (exact) mass is 279 g/mol. The van der Waals surface area contributed by atoms with Gasteiger partial charge in [-0.1, -0.05) is 28.1 Å². The first-order chi connectivity index (χ1) is 7.66. The molecule has 0 bridgehead atoms. The van der Waals surface area contributed by atoms with Gasteiger partial charge in [-0.25, -0.2) is 0 Å². The molecule has 0 atom stereocenters. The van der Waals surface area contributed by atoms with Crippen LogP contribution in [0.5, 0.6) is 0 Å². The van der Waals surface area contributed by atoms with Crippen molar-refractivity contribution in [1.29, 1.82) is 0 Å². The topological polar surface area (TPSA) is 29.9 Å². The number of anilines is 1. The lowest BCUT2D eigenvalue weighted by atomic mass is 10.2. The minimum absolute atomic E-state index is 0.811. The molecule has 4 heteroatoms. The Kier molecular flexibility index (Phi) is 3.29. The Hall–Kier alpha value is -1.29. The number of halogens is 1. The Morgan fingerprint density at radius 2 is 2.25 bits per heavy atom. The van der Waals surface area contributed by atoms with Crippen molar-refractivity contribution in [2.45, 2.75) is 13.5 Å². The van der Waals surface area contributed by atoms with Gasteiger partial charge in [0.25, 0.3) is 0 Å². The second-order valence-corrected chi connectivity index (χ2v) is 4.67. The van der Waals surface area contributed by atoms with Gasteiger partial charge in [-0.3, -0.25) is 4.68 Å². The number of nitrogens with one attached hydrogen (secondary N) is 1. The molecule has 0 aliphatic rings. The predicted octanol–water partition coefficient (Wildman–Crippen LogP) is 3.10. The zero-order valence-corrected chi connectivity index (χ0v) is 11.0. The number of benzene rings is 1. The molecule has 1 aromatic heterocycles. The van der Waals surface area contributed by atoms with Gasteiger partial charge in [0, 0.05) is 18.1 Å². The highest BCUT2D eigenvalue weighted by Gasteiger charge is 2.02. The van der Waals surface area contributed by atoms with Crippen molar-refractivity contribution in [3.63, 3.8) is 0 Å². The highest BCUT2D eigenvalue weighted by molar-refractivity contribution is 9.10. The van der Waals surface area contributed by atoms with Crippen LogP contribution in [0.3, 0.4) is 0 Å². The normalized spacial score (nSPS) is 10.4. The summed E-state index contributed by atoms with van der Waals surface area (Å²) in [5.41, 5.74) is 3.48. The van der Waals surface area contributed by atoms with Crippen LogP contribution in [0.25, 0.3) is 0 Å². The molecule has 16 heavy (non-hydrogen) atoms. The van der Waals surface area contributed by atoms with Crippen LogP contribution in [0.2, 0.25) is 0 Å². The average molecular weight is 280 g/mol. The van der Waals surface area contributed by atoms with Gasteiger partial charge >= 0.3 is 0 Å². The fourth-order valence-corrected chi connectivity index (χ4v) is 1.96. The lowest BCUT2D eigenvalue weighted by Crippen LogP contribution is -2.01. The van der Waals surface area contributed by atoms with Crippen LogP contribution < -0.4 is 5.32 Å². The summed E-state index contributed by atoms with van der Waals surface area (Å²) >= 11 is 3.46. The van der Waals surface area contributed by atoms with E-state index in [0.29, 0.717) is 0 Å². The minimum Gasteiger partial charge on any atom is -0.378 e. The lowest BCUT2D eigenvalue weighted by molar-refractivity contribution is 0.740. The standard InChI is InChI=1S/C12H14BrN3/c1-9-12(8-15-16(9)2)14-7-10-4-3-5-11(13)6-10/h3-6,8,14H,7H2,1-2H3. The second-order valence-electron chi connectivity index (χ2n) is 3.75. The third kappa shape index (κ3) is 2.44. The smallest absolute Gasteiger partial charge is 0.0758 e. The molecule has 0 spiro atoms. The third-order valence-corrected chi connectivity index (χ3v) is 3.10. The number of rotatable bonds is 3. The van der Waals surface area contributed by atoms with Crippen molar-refractivity contribution in [3.8, 4) is 0 Å². The Balaban J connectivity index is 2.05. The molecule has 1 heterocycles. The zero-order chi connectivity index (χ0) is 11.5. The summed E-state index contributed by atoms with van der Waals surface area (Å²) in [4.78, 5) is 0. The van der Waals surface area contributed by atoms with E-state index in [1.54, 1.807) is 0 Å². The van der Waals surface area contributed by atoms with Crippen molar-refractivity contribution in [2.24, 2.45) is 7.05 Å². The molecule has 0 fully saturated rings. The summed E-state index contributed by atoms with van der Waals surface area (Å²) in [6.07, 6.45) is 1.85. The Labute approximate surface area is 104 Å². The fourth-order valence-electron chi connectivity index (χ4n) is 1.52. The Morgan fingerprint density at radius 1 is 1.44 bits per heavy atom. The average Bonchev–Trinajstić information content (AvgIpc) is 2.57. The highest BCUT2D eigenvalue weighted by Crippen LogP contribution is 2.16. The van der Waals surface area contributed by atoms with Gasteiger partial charge in [-0.15, -0.1) is 0 Å². The van der Waals surface area contributed by atoms with Crippen LogP contribution in [-0.2, 0) is 13.6 Å². The first kappa shape index (κ1) is 11.2. The van der Waals surface area contributed by atoms with E-state index in [9.17, 15) is 0 Å². The van der Waals surface area contributed by atoms with E-state index in [0.717, 1.165) is 22.4 Å². The van der Waals surface area contributed by atoms with Crippen LogP contribution in [0.4, 0.5) is 5.69 Å². The Morgan fingerprint density at radius 3 is 2.88 bits per heavy atom. The molecular weight excluding hydrogens is 266 g/mol. The van der Waals surface area contributed by atoms with E-state index < -0.39 is 0 Å². The summed E-state index contributed by atoms with van der Waals surface area (Å²) in [5, 5.41) is 7.56. The van der Waals surface area contributed by atoms with Gasteiger partial charge in [0.05, 0.1) is 17.6 Å². The molecule has 0 saturated carbocycles. The van der Waals surface area contributed by atoms with Crippen LogP contribution in [-0.4, -0.2) is 9.78 Å². The minimum atomic E-state index is 0.811. The molecule has 3 nitrogen and oxygen atoms in total. The largest absolute Gasteiger partial charge is 0.378 e. The van der Waals surface area contributed by atoms with Crippen molar-refractivity contribution in [1.82, 2.24) is 9.78 Å². The van der Waals surface area contributed by atoms with Crippen LogP contribution >= 0.6 is 15.9 Å². The molecule has 0 aliphatic heterocycles. The van der Waals surface area contributed by atoms with Gasteiger partial charge in [-0.05, 0) is 24.6 Å². The fraction of sp³-hybridized carbons (Fsp3) is 0.250. The summed E-state index contributed by atoms with van der Waals surface area (Å²) in [6, 6.07) is 8.28. The Bertz CT molecular complexity index is 491. The molecule has 0 saturated heterocycles. The molecule has 2 aromatic rings. The van der Waals surface area contributed by atoms with Crippen LogP contribution in [0.15, 0.2) is 34.9 Å². The van der Waals surface area contributed by atoms with E-state index in [1.165, 1.54) is 5.56 Å². The summed E-state index contributed by atoms with van der Waals surface area (Å²) in [5.74, 6) is 0. The number of hydrogen-bond donors (Lipinski definition) is 1. The SMILES string of the molecule is Cc1c(NCc2cccc(Br)c2)cnn1C. The molecule has 0 amide bonds. The van der Waals surface area contributed by atoms with Gasteiger partial charge < -0.3 is 5.32 Å². The van der Waals surface area contributed by atoms with E-state index in [4.69, 9.17) is 0 Å². The number of nitrogens with zero attached hydrogens (tertiary/aromatic N) is 2. The first-order valence-electron chi connectivity index (χ1n) is 5.14. The molecule has 1 N–H and O–H groups in total. The van der Waals surface area contributed by atoms with Crippen LogP contribution in [0.1, 0.15) is 11.3 Å². The van der Waals surface area contributed by atoms with Crippen molar-refractivity contribution in [2.75, 3.05) is 5.32 Å². The summed E-state index contributed by atoms with van der Waals surface area (Å²) in [6.45, 7) is 2.86. The second kappa shape index (κ2) is 4.70. The molecule has 0 aliphatic carbocycles. The van der Waals surface area contributed by atoms with Crippen molar-refractivity contribution >= 4 is 21.6 Å². The maximum Gasteiger partial charge on any atom is 0.0758 e. The molecule has 0 radical (unpaired) electrons. The molecule has 84 valence electrons. The van der Waals surface area contributed by atoms with Gasteiger partial charge in [0.2, 0.25) is 0 Å². The van der Waals surface area contributed by atoms with E-state index >= 15 is 0 Å². The summed E-state index contributed by atoms with van der Waals surface area (Å²) < 4.78 is 2.97. The number of aryl methyl sites for hydroxylation is 1. The maximum atomic E-state index is 4.19. The van der Waals surface area contributed by atoms with E-state index in [-0.39, 0.29) is 0 Å². The van der Waals surface area contributed by atoms with Gasteiger partial charge in [0.1, 0.15) is 0 Å². The predicted molar refractivity (Wildman–Crippen MR) is 69.4 cm³/mol. The maximum absolute atomic E-state index is 4.19. The molecule has 2 rings (SSSR count). The van der Waals surface area contributed by atoms with Gasteiger partial charge in [0.15, 0.2) is 0 Å². The quantitative estimate of drug-likeness (QED) is 0.936.